The van der Waals surface area contributed by atoms with E-state index < -0.39 is 0 Å². The van der Waals surface area contributed by atoms with Crippen LogP contribution >= 0.6 is 15.9 Å². The molecule has 0 aliphatic heterocycles. The largest absolute Gasteiger partial charge is 0.368 e. The van der Waals surface area contributed by atoms with Gasteiger partial charge in [0.25, 0.3) is 0 Å². The van der Waals surface area contributed by atoms with Crippen LogP contribution in [0.4, 0.5) is 0 Å². The van der Waals surface area contributed by atoms with Crippen LogP contribution < -0.4 is 5.73 Å². The number of hydrogen-bond donors (Lipinski definition) is 1. The van der Waals surface area contributed by atoms with Gasteiger partial charge in [-0.05, 0) is 15.9 Å². The number of halogens is 1. The highest BCUT2D eigenvalue weighted by atomic mass is 79.9. The molecule has 0 aromatic carbocycles. The Bertz CT molecular complexity index is 351. The van der Waals surface area contributed by atoms with Gasteiger partial charge < -0.3 is 5.73 Å². The van der Waals surface area contributed by atoms with Gasteiger partial charge in [-0.1, -0.05) is 20.8 Å². The molecule has 0 aliphatic carbocycles. The summed E-state index contributed by atoms with van der Waals surface area (Å²) >= 11 is 3.41. The average molecular weight is 260 g/mol. The first-order valence-electron chi connectivity index (χ1n) is 4.32. The Morgan fingerprint density at radius 1 is 1.64 bits per heavy atom. The summed E-state index contributed by atoms with van der Waals surface area (Å²) in [6.45, 7) is 6.31. The minimum Gasteiger partial charge on any atom is -0.368 e. The lowest BCUT2D eigenvalue weighted by atomic mass is 9.93. The van der Waals surface area contributed by atoms with Crippen molar-refractivity contribution in [1.29, 1.82) is 0 Å². The van der Waals surface area contributed by atoms with Gasteiger partial charge >= 0.3 is 0 Å². The number of carbonyl (C=O) groups excluding carboxylic acids is 1. The van der Waals surface area contributed by atoms with Crippen molar-refractivity contribution in [2.75, 3.05) is 0 Å². The molecular formula is C9H14BrN3O. The van der Waals surface area contributed by atoms with E-state index in [9.17, 15) is 4.79 Å². The van der Waals surface area contributed by atoms with Crippen LogP contribution in [0, 0.1) is 0 Å². The number of carbonyl (C=O) groups is 1. The third kappa shape index (κ3) is 2.57. The van der Waals surface area contributed by atoms with E-state index in [1.165, 1.54) is 0 Å². The van der Waals surface area contributed by atoms with E-state index in [1.54, 1.807) is 10.9 Å². The lowest BCUT2D eigenvalue weighted by molar-refractivity contribution is -0.118. The molecule has 0 fully saturated rings. The van der Waals surface area contributed by atoms with Gasteiger partial charge in [-0.25, -0.2) is 0 Å². The third-order valence-electron chi connectivity index (χ3n) is 1.75. The monoisotopic (exact) mass is 259 g/mol. The first kappa shape index (κ1) is 11.2. The van der Waals surface area contributed by atoms with Gasteiger partial charge in [0.1, 0.15) is 6.54 Å². The summed E-state index contributed by atoms with van der Waals surface area (Å²) in [6.07, 6.45) is 1.77. The van der Waals surface area contributed by atoms with Gasteiger partial charge in [0.2, 0.25) is 5.91 Å². The van der Waals surface area contributed by atoms with Crippen LogP contribution in [0.5, 0.6) is 0 Å². The van der Waals surface area contributed by atoms with Crippen LogP contribution in [-0.4, -0.2) is 15.7 Å². The summed E-state index contributed by atoms with van der Waals surface area (Å²) in [5, 5.41) is 4.29. The molecule has 0 radical (unpaired) electrons. The highest BCUT2D eigenvalue weighted by Gasteiger charge is 2.21. The van der Waals surface area contributed by atoms with Crippen molar-refractivity contribution in [3.63, 3.8) is 0 Å². The predicted molar refractivity (Wildman–Crippen MR) is 57.8 cm³/mol. The molecule has 0 spiro atoms. The first-order chi connectivity index (χ1) is 6.30. The topological polar surface area (TPSA) is 60.9 Å². The smallest absolute Gasteiger partial charge is 0.239 e. The number of rotatable bonds is 2. The molecule has 0 bridgehead atoms. The quantitative estimate of drug-likeness (QED) is 0.874. The van der Waals surface area contributed by atoms with Crippen LogP contribution in [-0.2, 0) is 16.8 Å². The number of hydrogen-bond acceptors (Lipinski definition) is 2. The molecule has 0 unspecified atom stereocenters. The fourth-order valence-corrected chi connectivity index (χ4v) is 2.06. The van der Waals surface area contributed by atoms with E-state index in [-0.39, 0.29) is 17.9 Å². The molecule has 0 atom stereocenters. The first-order valence-corrected chi connectivity index (χ1v) is 5.12. The Labute approximate surface area is 91.6 Å². The van der Waals surface area contributed by atoms with Gasteiger partial charge in [-0.3, -0.25) is 9.48 Å². The summed E-state index contributed by atoms with van der Waals surface area (Å²) in [4.78, 5) is 10.7. The normalized spacial score (nSPS) is 11.7. The molecular weight excluding hydrogens is 246 g/mol. The summed E-state index contributed by atoms with van der Waals surface area (Å²) in [5.41, 5.74) is 5.97. The predicted octanol–water partition coefficient (Wildman–Crippen LogP) is 1.43. The fraction of sp³-hybridized carbons (Fsp3) is 0.556. The molecule has 1 amide bonds. The SMILES string of the molecule is CC(C)(C)c1nn(CC(N)=O)cc1Br. The second-order valence-corrected chi connectivity index (χ2v) is 5.09. The summed E-state index contributed by atoms with van der Waals surface area (Å²) in [7, 11) is 0. The van der Waals surface area contributed by atoms with Crippen LogP contribution in [0.15, 0.2) is 10.7 Å². The van der Waals surface area contributed by atoms with Crippen molar-refractivity contribution < 1.29 is 4.79 Å². The Morgan fingerprint density at radius 3 is 2.57 bits per heavy atom. The summed E-state index contributed by atoms with van der Waals surface area (Å²) < 4.78 is 2.46. The lowest BCUT2D eigenvalue weighted by Gasteiger charge is -2.15. The van der Waals surface area contributed by atoms with Gasteiger partial charge in [0.15, 0.2) is 0 Å². The van der Waals surface area contributed by atoms with E-state index in [0.29, 0.717) is 0 Å². The van der Waals surface area contributed by atoms with E-state index in [0.717, 1.165) is 10.2 Å². The zero-order valence-electron chi connectivity index (χ0n) is 8.54. The molecule has 14 heavy (non-hydrogen) atoms. The van der Waals surface area contributed by atoms with Gasteiger partial charge in [0, 0.05) is 11.6 Å². The van der Waals surface area contributed by atoms with E-state index in [4.69, 9.17) is 5.73 Å². The maximum Gasteiger partial charge on any atom is 0.239 e. The summed E-state index contributed by atoms with van der Waals surface area (Å²) in [6, 6.07) is 0. The van der Waals surface area contributed by atoms with E-state index in [1.807, 2.05) is 0 Å². The number of nitrogens with zero attached hydrogens (tertiary/aromatic N) is 2. The number of nitrogens with two attached hydrogens (primary N) is 1. The molecule has 1 rings (SSSR count). The Hall–Kier alpha value is -0.840. The van der Waals surface area contributed by atoms with E-state index >= 15 is 0 Å². The molecule has 1 heterocycles. The summed E-state index contributed by atoms with van der Waals surface area (Å²) in [5.74, 6) is -0.388. The second-order valence-electron chi connectivity index (χ2n) is 4.24. The standard InChI is InChI=1S/C9H14BrN3O/c1-9(2,3)8-6(10)4-13(12-8)5-7(11)14/h4H,5H2,1-3H3,(H2,11,14). The number of primary amides is 1. The molecule has 2 N–H and O–H groups in total. The molecule has 0 aliphatic rings. The third-order valence-corrected chi connectivity index (χ3v) is 2.33. The van der Waals surface area contributed by atoms with E-state index in [2.05, 4.69) is 41.8 Å². The minimum atomic E-state index is -0.388. The Morgan fingerprint density at radius 2 is 2.21 bits per heavy atom. The molecule has 0 saturated heterocycles. The van der Waals surface area contributed by atoms with Crippen LogP contribution in [0.25, 0.3) is 0 Å². The second kappa shape index (κ2) is 3.73. The zero-order valence-corrected chi connectivity index (χ0v) is 10.1. The molecule has 1 aromatic heterocycles. The van der Waals surface area contributed by atoms with Gasteiger partial charge in [-0.2, -0.15) is 5.10 Å². The molecule has 78 valence electrons. The highest BCUT2D eigenvalue weighted by Crippen LogP contribution is 2.27. The Kier molecular flexibility index (Phi) is 2.99. The Balaban J connectivity index is 2.99. The molecule has 5 heteroatoms. The van der Waals surface area contributed by atoms with Crippen LogP contribution in [0.1, 0.15) is 26.5 Å². The zero-order chi connectivity index (χ0) is 10.9. The van der Waals surface area contributed by atoms with Crippen molar-refractivity contribution in [2.24, 2.45) is 5.73 Å². The highest BCUT2D eigenvalue weighted by molar-refractivity contribution is 9.10. The number of aromatic nitrogens is 2. The van der Waals surface area contributed by atoms with Gasteiger partial charge in [-0.15, -0.1) is 0 Å². The molecule has 4 nitrogen and oxygen atoms in total. The fourth-order valence-electron chi connectivity index (χ4n) is 1.15. The van der Waals surface area contributed by atoms with Crippen molar-refractivity contribution in [3.05, 3.63) is 16.4 Å². The lowest BCUT2D eigenvalue weighted by Crippen LogP contribution is -2.20. The number of amides is 1. The van der Waals surface area contributed by atoms with Crippen LogP contribution in [0.2, 0.25) is 0 Å². The maximum absolute atomic E-state index is 10.7. The maximum atomic E-state index is 10.7. The van der Waals surface area contributed by atoms with Gasteiger partial charge in [0.05, 0.1) is 10.2 Å². The van der Waals surface area contributed by atoms with Crippen molar-refractivity contribution in [2.45, 2.75) is 32.7 Å². The molecule has 1 aromatic rings. The van der Waals surface area contributed by atoms with Crippen molar-refractivity contribution >= 4 is 21.8 Å². The molecule has 0 saturated carbocycles. The minimum absolute atomic E-state index is 0.0400. The average Bonchev–Trinajstić information content (AvgIpc) is 2.27. The van der Waals surface area contributed by atoms with Crippen LogP contribution in [0.3, 0.4) is 0 Å². The van der Waals surface area contributed by atoms with Crippen molar-refractivity contribution in [1.82, 2.24) is 9.78 Å². The van der Waals surface area contributed by atoms with Crippen molar-refractivity contribution in [3.8, 4) is 0 Å².